The lowest BCUT2D eigenvalue weighted by atomic mass is 9.88. The van der Waals surface area contributed by atoms with Gasteiger partial charge in [0.25, 0.3) is 0 Å². The Morgan fingerprint density at radius 3 is 2.52 bits per heavy atom. The fourth-order valence-electron chi connectivity index (χ4n) is 3.81. The highest BCUT2D eigenvalue weighted by Gasteiger charge is 2.47. The summed E-state index contributed by atoms with van der Waals surface area (Å²) in [5.74, 6) is 0. The highest BCUT2D eigenvalue weighted by atomic mass is 32.1. The number of halogens is 3. The molecule has 0 aliphatic carbocycles. The highest BCUT2D eigenvalue weighted by molar-refractivity contribution is 7.11. The molecule has 1 aromatic rings. The lowest BCUT2D eigenvalue weighted by Crippen LogP contribution is -2.59. The summed E-state index contributed by atoms with van der Waals surface area (Å²) < 4.78 is 51.0. The van der Waals surface area contributed by atoms with Crippen molar-refractivity contribution in [1.82, 2.24) is 14.8 Å². The van der Waals surface area contributed by atoms with Crippen molar-refractivity contribution in [3.63, 3.8) is 0 Å². The Hall–Kier alpha value is -1.39. The number of amides is 1. The number of piperidine rings is 1. The maximum absolute atomic E-state index is 13.1. The van der Waals surface area contributed by atoms with Gasteiger partial charge < -0.3 is 14.4 Å². The van der Waals surface area contributed by atoms with Gasteiger partial charge in [-0.15, -0.1) is 11.3 Å². The van der Waals surface area contributed by atoms with Gasteiger partial charge in [0.05, 0.1) is 12.1 Å². The second kappa shape index (κ2) is 8.03. The van der Waals surface area contributed by atoms with Crippen molar-refractivity contribution < 1.29 is 27.4 Å². The van der Waals surface area contributed by atoms with Gasteiger partial charge in [-0.05, 0) is 40.5 Å². The van der Waals surface area contributed by atoms with Gasteiger partial charge >= 0.3 is 12.3 Å². The number of carbonyl (C=O) groups excluding carboxylic acids is 1. The summed E-state index contributed by atoms with van der Waals surface area (Å²) in [6.07, 6.45) is -2.55. The normalized spacial score (nSPS) is 23.4. The lowest BCUT2D eigenvalue weighted by molar-refractivity contribution is -0.206. The molecule has 0 bridgehead atoms. The van der Waals surface area contributed by atoms with E-state index in [-0.39, 0.29) is 13.1 Å². The first-order valence-corrected chi connectivity index (χ1v) is 10.5. The van der Waals surface area contributed by atoms with E-state index in [2.05, 4.69) is 4.98 Å². The zero-order chi connectivity index (χ0) is 21.4. The average molecular weight is 436 g/mol. The number of likely N-dealkylation sites (tertiary alicyclic amines) is 1. The van der Waals surface area contributed by atoms with Crippen LogP contribution in [-0.4, -0.2) is 71.0 Å². The smallest absolute Gasteiger partial charge is 0.410 e. The van der Waals surface area contributed by atoms with Crippen LogP contribution in [0.25, 0.3) is 0 Å². The molecule has 3 heterocycles. The number of carbonyl (C=O) groups is 1. The van der Waals surface area contributed by atoms with Gasteiger partial charge in [-0.2, -0.15) is 13.2 Å². The summed E-state index contributed by atoms with van der Waals surface area (Å²) in [5.41, 5.74) is -1.32. The van der Waals surface area contributed by atoms with Crippen LogP contribution in [0.5, 0.6) is 0 Å². The zero-order valence-corrected chi connectivity index (χ0v) is 18.0. The lowest BCUT2D eigenvalue weighted by Gasteiger charge is -2.49. The van der Waals surface area contributed by atoms with Crippen LogP contribution in [0.4, 0.5) is 18.0 Å². The summed E-state index contributed by atoms with van der Waals surface area (Å²) in [4.78, 5) is 20.7. The van der Waals surface area contributed by atoms with Gasteiger partial charge in [0.15, 0.2) is 0 Å². The number of ether oxygens (including phenoxy) is 2. The number of alkyl halides is 3. The molecule has 0 N–H and O–H groups in total. The predicted octanol–water partition coefficient (Wildman–Crippen LogP) is 4.16. The van der Waals surface area contributed by atoms with Crippen molar-refractivity contribution in [3.8, 4) is 0 Å². The minimum absolute atomic E-state index is 0.157. The average Bonchev–Trinajstić information content (AvgIpc) is 2.98. The third-order valence-corrected chi connectivity index (χ3v) is 5.98. The number of aryl methyl sites for hydroxylation is 1. The Labute approximate surface area is 173 Å². The fraction of sp³-hybridized carbons (Fsp3) is 0.789. The van der Waals surface area contributed by atoms with Crippen LogP contribution >= 0.6 is 11.3 Å². The molecular weight excluding hydrogens is 407 g/mol. The van der Waals surface area contributed by atoms with Crippen LogP contribution in [0.2, 0.25) is 0 Å². The second-order valence-electron chi connectivity index (χ2n) is 8.85. The Kier molecular flexibility index (Phi) is 6.18. The molecule has 29 heavy (non-hydrogen) atoms. The standard InChI is InChI=1S/C19H28F3N3O3S/c1-13-9-23-15(29-13)14-10-24(12-19(20,21)22)11-18(27-14)5-7-25(8-6-18)16(26)28-17(2,3)4/h9,14H,5-8,10-12H2,1-4H3. The van der Waals surface area contributed by atoms with Crippen molar-refractivity contribution >= 4 is 17.4 Å². The second-order valence-corrected chi connectivity index (χ2v) is 10.1. The maximum atomic E-state index is 13.1. The Balaban J connectivity index is 1.72. The third kappa shape index (κ3) is 6.05. The molecule has 0 aromatic carbocycles. The van der Waals surface area contributed by atoms with Crippen LogP contribution < -0.4 is 0 Å². The molecule has 1 amide bonds. The van der Waals surface area contributed by atoms with Gasteiger partial charge in [-0.25, -0.2) is 9.78 Å². The molecule has 1 aromatic heterocycles. The molecule has 164 valence electrons. The molecule has 0 saturated carbocycles. The van der Waals surface area contributed by atoms with E-state index in [1.54, 1.807) is 31.9 Å². The highest BCUT2D eigenvalue weighted by Crippen LogP contribution is 2.39. The molecule has 2 fully saturated rings. The topological polar surface area (TPSA) is 54.9 Å². The van der Waals surface area contributed by atoms with Crippen LogP contribution in [0.1, 0.15) is 49.6 Å². The fourth-order valence-corrected chi connectivity index (χ4v) is 4.60. The van der Waals surface area contributed by atoms with E-state index >= 15 is 0 Å². The molecule has 2 aliphatic rings. The Morgan fingerprint density at radius 2 is 2.00 bits per heavy atom. The molecule has 2 saturated heterocycles. The van der Waals surface area contributed by atoms with Crippen LogP contribution in [0.15, 0.2) is 6.20 Å². The van der Waals surface area contributed by atoms with Crippen molar-refractivity contribution in [2.75, 3.05) is 32.7 Å². The molecule has 6 nitrogen and oxygen atoms in total. The summed E-state index contributed by atoms with van der Waals surface area (Å²) in [6, 6.07) is 0. The monoisotopic (exact) mass is 435 g/mol. The van der Waals surface area contributed by atoms with Gasteiger partial charge in [-0.1, -0.05) is 0 Å². The maximum Gasteiger partial charge on any atom is 0.410 e. The molecule has 1 spiro atoms. The van der Waals surface area contributed by atoms with E-state index < -0.39 is 36.1 Å². The third-order valence-electron chi connectivity index (χ3n) is 4.97. The van der Waals surface area contributed by atoms with Crippen LogP contribution in [-0.2, 0) is 9.47 Å². The summed E-state index contributed by atoms with van der Waals surface area (Å²) in [6.45, 7) is 7.46. The number of rotatable bonds is 2. The zero-order valence-electron chi connectivity index (χ0n) is 17.2. The minimum atomic E-state index is -4.28. The number of hydrogen-bond donors (Lipinski definition) is 0. The molecule has 10 heteroatoms. The van der Waals surface area contributed by atoms with E-state index in [0.29, 0.717) is 30.9 Å². The van der Waals surface area contributed by atoms with Crippen LogP contribution in [0, 0.1) is 6.92 Å². The molecule has 2 aliphatic heterocycles. The number of hydrogen-bond acceptors (Lipinski definition) is 6. The Bertz CT molecular complexity index is 724. The van der Waals surface area contributed by atoms with E-state index in [4.69, 9.17) is 9.47 Å². The van der Waals surface area contributed by atoms with Gasteiger partial charge in [-0.3, -0.25) is 4.90 Å². The number of nitrogens with zero attached hydrogens (tertiary/aromatic N) is 3. The van der Waals surface area contributed by atoms with Crippen molar-refractivity contribution in [1.29, 1.82) is 0 Å². The largest absolute Gasteiger partial charge is 0.444 e. The number of aromatic nitrogens is 1. The van der Waals surface area contributed by atoms with Gasteiger partial charge in [0.2, 0.25) is 0 Å². The van der Waals surface area contributed by atoms with Crippen molar-refractivity contribution in [2.24, 2.45) is 0 Å². The first kappa shape index (κ1) is 22.3. The summed E-state index contributed by atoms with van der Waals surface area (Å²) in [7, 11) is 0. The van der Waals surface area contributed by atoms with Crippen molar-refractivity contribution in [3.05, 3.63) is 16.1 Å². The SMILES string of the molecule is Cc1cnc(C2CN(CC(F)(F)F)CC3(CCN(C(=O)OC(C)(C)C)CC3)O2)s1. The molecular formula is C19H28F3N3O3S. The van der Waals surface area contributed by atoms with E-state index in [1.807, 2.05) is 6.92 Å². The number of morpholine rings is 1. The van der Waals surface area contributed by atoms with Crippen molar-refractivity contribution in [2.45, 2.75) is 64.0 Å². The summed E-state index contributed by atoms with van der Waals surface area (Å²) >= 11 is 1.44. The predicted molar refractivity (Wildman–Crippen MR) is 103 cm³/mol. The minimum Gasteiger partial charge on any atom is -0.444 e. The molecule has 0 radical (unpaired) electrons. The van der Waals surface area contributed by atoms with Crippen LogP contribution in [0.3, 0.4) is 0 Å². The van der Waals surface area contributed by atoms with Gasteiger partial charge in [0.1, 0.15) is 16.7 Å². The summed E-state index contributed by atoms with van der Waals surface area (Å²) in [5, 5.41) is 0.698. The van der Waals surface area contributed by atoms with E-state index in [0.717, 1.165) is 4.88 Å². The Morgan fingerprint density at radius 1 is 1.34 bits per heavy atom. The van der Waals surface area contributed by atoms with E-state index in [9.17, 15) is 18.0 Å². The first-order chi connectivity index (χ1) is 13.3. The molecule has 1 unspecified atom stereocenters. The molecule has 3 rings (SSSR count). The van der Waals surface area contributed by atoms with E-state index in [1.165, 1.54) is 16.2 Å². The quantitative estimate of drug-likeness (QED) is 0.698. The van der Waals surface area contributed by atoms with Gasteiger partial charge in [0, 0.05) is 37.3 Å². The number of thiazole rings is 1. The molecule has 1 atom stereocenters. The first-order valence-electron chi connectivity index (χ1n) is 9.71.